The molecule has 0 fully saturated rings. The molecule has 1 unspecified atom stereocenters. The highest BCUT2D eigenvalue weighted by Gasteiger charge is 1.86. The van der Waals surface area contributed by atoms with E-state index >= 15 is 0 Å². The fourth-order valence-corrected chi connectivity index (χ4v) is 0.354. The van der Waals surface area contributed by atoms with Gasteiger partial charge in [0.1, 0.15) is 6.10 Å². The Morgan fingerprint density at radius 3 is 2.50 bits per heavy atom. The molecule has 0 aromatic carbocycles. The summed E-state index contributed by atoms with van der Waals surface area (Å²) >= 11 is 0. The van der Waals surface area contributed by atoms with Gasteiger partial charge in [-0.05, 0) is 6.04 Å². The Labute approximate surface area is 40.8 Å². The fourth-order valence-electron chi connectivity index (χ4n) is 0.118. The number of hydrogen-bond donors (Lipinski definition) is 1. The molecular weight excluding hydrogens is 92.1 g/mol. The first-order valence-electron chi connectivity index (χ1n) is 1.95. The largest absolute Gasteiger partial charge is 0.381 e. The van der Waals surface area contributed by atoms with E-state index in [0.717, 1.165) is 16.3 Å². The van der Waals surface area contributed by atoms with Crippen LogP contribution in [0, 0.1) is 12.3 Å². The van der Waals surface area contributed by atoms with Crippen LogP contribution in [-0.4, -0.2) is 21.5 Å². The molecule has 0 aliphatic carbocycles. The van der Waals surface area contributed by atoms with E-state index in [1.54, 1.807) is 0 Å². The van der Waals surface area contributed by atoms with Gasteiger partial charge in [-0.25, -0.2) is 0 Å². The summed E-state index contributed by atoms with van der Waals surface area (Å²) in [7, 11) is 0.990. The van der Waals surface area contributed by atoms with Crippen molar-refractivity contribution < 1.29 is 5.11 Å². The second-order valence-corrected chi connectivity index (χ2v) is 1.91. The first-order valence-corrected chi connectivity index (χ1v) is 3.37. The summed E-state index contributed by atoms with van der Waals surface area (Å²) in [5.41, 5.74) is 0. The summed E-state index contributed by atoms with van der Waals surface area (Å²) in [5.74, 6) is 2.20. The summed E-state index contributed by atoms with van der Waals surface area (Å²) in [6.07, 6.45) is 4.33. The van der Waals surface area contributed by atoms with Gasteiger partial charge in [0.25, 0.3) is 0 Å². The van der Waals surface area contributed by atoms with Gasteiger partial charge in [-0.2, -0.15) is 0 Å². The van der Waals surface area contributed by atoms with E-state index in [9.17, 15) is 0 Å². The number of rotatable bonds is 1. The number of hydrogen-bond acceptors (Lipinski definition) is 1. The van der Waals surface area contributed by atoms with Crippen LogP contribution in [0.1, 0.15) is 0 Å². The third kappa shape index (κ3) is 2.00. The first kappa shape index (κ1) is 5.74. The van der Waals surface area contributed by atoms with Gasteiger partial charge in [0.05, 0.1) is 0 Å². The van der Waals surface area contributed by atoms with Crippen LogP contribution in [0.4, 0.5) is 0 Å². The lowest BCUT2D eigenvalue weighted by atomic mass is 10.4. The monoisotopic (exact) mass is 100 g/mol. The summed E-state index contributed by atoms with van der Waals surface area (Å²) in [6, 6.07) is 0.788. The molecule has 0 aromatic rings. The van der Waals surface area contributed by atoms with Crippen molar-refractivity contribution in [1.82, 2.24) is 0 Å². The van der Waals surface area contributed by atoms with Gasteiger partial charge >= 0.3 is 0 Å². The van der Waals surface area contributed by atoms with Crippen molar-refractivity contribution in [3.05, 3.63) is 0 Å². The first-order chi connectivity index (χ1) is 2.81. The third-order valence-electron chi connectivity index (χ3n) is 0.579. The summed E-state index contributed by atoms with van der Waals surface area (Å²) in [6.45, 7) is 0. The molecular formula is C4H8OSi. The normalized spacial score (nSPS) is 13.3. The number of aliphatic hydroxyl groups excluding tert-OH is 1. The van der Waals surface area contributed by atoms with Gasteiger partial charge in [0, 0.05) is 10.2 Å². The summed E-state index contributed by atoms with van der Waals surface area (Å²) < 4.78 is 0. The molecule has 0 bridgehead atoms. The Morgan fingerprint density at radius 2 is 2.50 bits per heavy atom. The molecule has 0 spiro atoms. The van der Waals surface area contributed by atoms with E-state index in [-0.39, 0.29) is 0 Å². The molecule has 0 aliphatic rings. The van der Waals surface area contributed by atoms with Crippen LogP contribution < -0.4 is 0 Å². The van der Waals surface area contributed by atoms with E-state index in [1.165, 1.54) is 0 Å². The average molecular weight is 100 g/mol. The number of terminal acetylenes is 1. The second-order valence-electron chi connectivity index (χ2n) is 1.09. The lowest BCUT2D eigenvalue weighted by Crippen LogP contribution is -1.98. The number of aliphatic hydroxyl groups is 1. The van der Waals surface area contributed by atoms with Gasteiger partial charge in [-0.3, -0.25) is 0 Å². The van der Waals surface area contributed by atoms with E-state index in [0.29, 0.717) is 0 Å². The molecule has 0 amide bonds. The standard InChI is InChI=1S/C4H8OSi/c1-2-4(5)3-6/h1,4-5H,3H2,6H3. The van der Waals surface area contributed by atoms with Crippen LogP contribution >= 0.6 is 0 Å². The predicted molar refractivity (Wildman–Crippen MR) is 29.6 cm³/mol. The van der Waals surface area contributed by atoms with Crippen LogP contribution in [0.3, 0.4) is 0 Å². The molecule has 0 aliphatic heterocycles. The van der Waals surface area contributed by atoms with Crippen molar-refractivity contribution >= 4 is 10.2 Å². The molecule has 2 heteroatoms. The highest BCUT2D eigenvalue weighted by Crippen LogP contribution is 1.79. The molecule has 0 radical (unpaired) electrons. The predicted octanol–water partition coefficient (Wildman–Crippen LogP) is -1.24. The molecule has 34 valence electrons. The molecule has 0 heterocycles. The van der Waals surface area contributed by atoms with Crippen LogP contribution in [0.5, 0.6) is 0 Å². The highest BCUT2D eigenvalue weighted by atomic mass is 28.1. The highest BCUT2D eigenvalue weighted by molar-refractivity contribution is 6.09. The van der Waals surface area contributed by atoms with Crippen molar-refractivity contribution in [3.63, 3.8) is 0 Å². The molecule has 6 heavy (non-hydrogen) atoms. The minimum Gasteiger partial charge on any atom is -0.381 e. The Balaban J connectivity index is 3.04. The average Bonchev–Trinajstić information content (AvgIpc) is 1.65. The zero-order chi connectivity index (χ0) is 4.99. The topological polar surface area (TPSA) is 20.2 Å². The Bertz CT molecular complexity index is 64.4. The molecule has 0 rings (SSSR count). The van der Waals surface area contributed by atoms with E-state index in [4.69, 9.17) is 11.5 Å². The van der Waals surface area contributed by atoms with E-state index in [2.05, 4.69) is 5.92 Å². The van der Waals surface area contributed by atoms with Crippen molar-refractivity contribution in [3.8, 4) is 12.3 Å². The maximum Gasteiger partial charge on any atom is 0.111 e. The van der Waals surface area contributed by atoms with Gasteiger partial charge in [-0.15, -0.1) is 6.42 Å². The zero-order valence-electron chi connectivity index (χ0n) is 3.81. The molecule has 1 atom stereocenters. The lowest BCUT2D eigenvalue weighted by Gasteiger charge is -1.90. The summed E-state index contributed by atoms with van der Waals surface area (Å²) in [4.78, 5) is 0. The molecule has 1 N–H and O–H groups in total. The van der Waals surface area contributed by atoms with Crippen LogP contribution in [0.2, 0.25) is 6.04 Å². The van der Waals surface area contributed by atoms with Gasteiger partial charge in [0.2, 0.25) is 0 Å². The van der Waals surface area contributed by atoms with E-state index in [1.807, 2.05) is 0 Å². The Morgan fingerprint density at radius 1 is 2.00 bits per heavy atom. The maximum atomic E-state index is 8.47. The Kier molecular flexibility index (Phi) is 2.82. The second kappa shape index (κ2) is 2.95. The van der Waals surface area contributed by atoms with Crippen LogP contribution in [0.25, 0.3) is 0 Å². The van der Waals surface area contributed by atoms with Crippen LogP contribution in [-0.2, 0) is 0 Å². The maximum absolute atomic E-state index is 8.47. The third-order valence-corrected chi connectivity index (χ3v) is 1.35. The SMILES string of the molecule is C#CC(O)C[SiH3]. The van der Waals surface area contributed by atoms with Gasteiger partial charge < -0.3 is 5.11 Å². The van der Waals surface area contributed by atoms with Crippen molar-refractivity contribution in [2.45, 2.75) is 12.1 Å². The summed E-state index contributed by atoms with van der Waals surface area (Å²) in [5, 5.41) is 8.47. The minimum absolute atomic E-state index is 0.475. The minimum atomic E-state index is -0.475. The van der Waals surface area contributed by atoms with Crippen molar-refractivity contribution in [2.24, 2.45) is 0 Å². The van der Waals surface area contributed by atoms with Crippen LogP contribution in [0.15, 0.2) is 0 Å². The van der Waals surface area contributed by atoms with Gasteiger partial charge in [-0.1, -0.05) is 5.92 Å². The molecule has 0 saturated carbocycles. The quantitative estimate of drug-likeness (QED) is 0.323. The van der Waals surface area contributed by atoms with Gasteiger partial charge in [0.15, 0.2) is 0 Å². The van der Waals surface area contributed by atoms with E-state index < -0.39 is 6.10 Å². The smallest absolute Gasteiger partial charge is 0.111 e. The fraction of sp³-hybridized carbons (Fsp3) is 0.500. The zero-order valence-corrected chi connectivity index (χ0v) is 5.81. The lowest BCUT2D eigenvalue weighted by molar-refractivity contribution is 0.254. The Hall–Kier alpha value is -0.263. The van der Waals surface area contributed by atoms with Crippen molar-refractivity contribution in [2.75, 3.05) is 0 Å². The molecule has 0 aromatic heterocycles. The molecule has 1 nitrogen and oxygen atoms in total. The van der Waals surface area contributed by atoms with Crippen molar-refractivity contribution in [1.29, 1.82) is 0 Å². The molecule has 0 saturated heterocycles.